The minimum Gasteiger partial charge on any atom is -0.381 e. The van der Waals surface area contributed by atoms with Gasteiger partial charge in [-0.05, 0) is 29.8 Å². The Morgan fingerprint density at radius 3 is 2.71 bits per heavy atom. The number of β-amino-alcohol motifs (C(OH)–C–C–N with tert-alkyl or cyclic N) is 1. The molecule has 0 atom stereocenters. The van der Waals surface area contributed by atoms with Gasteiger partial charge in [0, 0.05) is 19.1 Å². The van der Waals surface area contributed by atoms with Gasteiger partial charge in [-0.15, -0.1) is 0 Å². The Balaban J connectivity index is 2.44. The summed E-state index contributed by atoms with van der Waals surface area (Å²) in [6.45, 7) is 5.31. The zero-order valence-electron chi connectivity index (χ0n) is 8.29. The summed E-state index contributed by atoms with van der Waals surface area (Å²) in [6.07, 6.45) is 1.74. The molecule has 0 bridgehead atoms. The Morgan fingerprint density at radius 2 is 2.29 bits per heavy atom. The Morgan fingerprint density at radius 1 is 1.64 bits per heavy atom. The second kappa shape index (κ2) is 3.32. The van der Waals surface area contributed by atoms with E-state index in [1.807, 2.05) is 4.68 Å². The smallest absolute Gasteiger partial charge is 0.132 e. The number of hydrogen-bond acceptors (Lipinski definition) is 3. The van der Waals surface area contributed by atoms with Crippen molar-refractivity contribution >= 4 is 15.9 Å². The van der Waals surface area contributed by atoms with E-state index < -0.39 is 5.60 Å². The molecule has 5 heteroatoms. The van der Waals surface area contributed by atoms with E-state index in [1.54, 1.807) is 6.20 Å². The number of rotatable bonds is 2. The van der Waals surface area contributed by atoms with Crippen molar-refractivity contribution in [3.05, 3.63) is 16.4 Å². The highest BCUT2D eigenvalue weighted by Crippen LogP contribution is 2.32. The van der Waals surface area contributed by atoms with Gasteiger partial charge in [0.25, 0.3) is 0 Å². The van der Waals surface area contributed by atoms with Crippen LogP contribution >= 0.6 is 15.9 Å². The summed E-state index contributed by atoms with van der Waals surface area (Å²) in [5.74, 6) is 0. The van der Waals surface area contributed by atoms with Gasteiger partial charge in [-0.3, -0.25) is 4.68 Å². The molecule has 0 spiro atoms. The monoisotopic (exact) mass is 259 g/mol. The minimum atomic E-state index is -0.750. The summed E-state index contributed by atoms with van der Waals surface area (Å²) in [7, 11) is 0. The predicted molar refractivity (Wildman–Crippen MR) is 57.1 cm³/mol. The number of aliphatic hydroxyl groups is 1. The Kier molecular flexibility index (Phi) is 2.41. The minimum absolute atomic E-state index is 0.265. The summed E-state index contributed by atoms with van der Waals surface area (Å²) in [5, 5.41) is 17.5. The van der Waals surface area contributed by atoms with Crippen LogP contribution in [0.3, 0.4) is 0 Å². The molecule has 1 aromatic heterocycles. The van der Waals surface area contributed by atoms with E-state index in [0.717, 1.165) is 10.2 Å². The number of halogens is 1. The van der Waals surface area contributed by atoms with Crippen molar-refractivity contribution in [1.29, 1.82) is 0 Å². The SMILES string of the molecule is CC(C)n1ncc(Br)c1C1(O)CNC1. The van der Waals surface area contributed by atoms with Gasteiger partial charge in [0.05, 0.1) is 16.4 Å². The third-order valence-electron chi connectivity index (χ3n) is 2.52. The first-order chi connectivity index (χ1) is 6.54. The molecule has 4 nitrogen and oxygen atoms in total. The molecule has 1 aromatic rings. The van der Waals surface area contributed by atoms with Gasteiger partial charge in [-0.2, -0.15) is 5.10 Å². The van der Waals surface area contributed by atoms with Crippen LogP contribution in [0.4, 0.5) is 0 Å². The largest absolute Gasteiger partial charge is 0.381 e. The molecule has 78 valence electrons. The fourth-order valence-corrected chi connectivity index (χ4v) is 2.34. The molecule has 2 rings (SSSR count). The lowest BCUT2D eigenvalue weighted by atomic mass is 9.93. The van der Waals surface area contributed by atoms with Gasteiger partial charge in [0.2, 0.25) is 0 Å². The fraction of sp³-hybridized carbons (Fsp3) is 0.667. The molecule has 1 fully saturated rings. The fourth-order valence-electron chi connectivity index (χ4n) is 1.70. The molecule has 0 aliphatic carbocycles. The molecule has 1 aliphatic rings. The summed E-state index contributed by atoms with van der Waals surface area (Å²) >= 11 is 3.42. The highest BCUT2D eigenvalue weighted by molar-refractivity contribution is 9.10. The molecule has 0 amide bonds. The number of nitrogens with zero attached hydrogens (tertiary/aromatic N) is 2. The first-order valence-electron chi connectivity index (χ1n) is 4.71. The van der Waals surface area contributed by atoms with E-state index in [4.69, 9.17) is 0 Å². The maximum Gasteiger partial charge on any atom is 0.132 e. The average molecular weight is 260 g/mol. The van der Waals surface area contributed by atoms with E-state index in [2.05, 4.69) is 40.2 Å². The van der Waals surface area contributed by atoms with Crippen LogP contribution in [0.15, 0.2) is 10.7 Å². The van der Waals surface area contributed by atoms with Crippen molar-refractivity contribution in [2.24, 2.45) is 0 Å². The molecule has 0 unspecified atom stereocenters. The number of hydrogen-bond donors (Lipinski definition) is 2. The van der Waals surface area contributed by atoms with Crippen LogP contribution in [-0.2, 0) is 5.60 Å². The van der Waals surface area contributed by atoms with Crippen LogP contribution in [0.2, 0.25) is 0 Å². The van der Waals surface area contributed by atoms with E-state index in [1.165, 1.54) is 0 Å². The molecular formula is C9H14BrN3O. The van der Waals surface area contributed by atoms with Gasteiger partial charge in [0.1, 0.15) is 5.60 Å². The molecule has 1 saturated heterocycles. The normalized spacial score (nSPS) is 19.8. The molecule has 0 saturated carbocycles. The van der Waals surface area contributed by atoms with Gasteiger partial charge < -0.3 is 10.4 Å². The second-order valence-corrected chi connectivity index (χ2v) is 4.87. The average Bonchev–Trinajstić information content (AvgIpc) is 2.43. The van der Waals surface area contributed by atoms with Gasteiger partial charge in [-0.25, -0.2) is 0 Å². The molecule has 1 aliphatic heterocycles. The first-order valence-corrected chi connectivity index (χ1v) is 5.50. The van der Waals surface area contributed by atoms with Crippen LogP contribution in [0.5, 0.6) is 0 Å². The topological polar surface area (TPSA) is 50.1 Å². The zero-order chi connectivity index (χ0) is 10.3. The second-order valence-electron chi connectivity index (χ2n) is 4.01. The van der Waals surface area contributed by atoms with Crippen molar-refractivity contribution in [2.45, 2.75) is 25.5 Å². The van der Waals surface area contributed by atoms with E-state index in [9.17, 15) is 5.11 Å². The molecule has 2 heterocycles. The highest BCUT2D eigenvalue weighted by atomic mass is 79.9. The van der Waals surface area contributed by atoms with Crippen LogP contribution in [-0.4, -0.2) is 28.0 Å². The van der Waals surface area contributed by atoms with Crippen LogP contribution < -0.4 is 5.32 Å². The van der Waals surface area contributed by atoms with Crippen molar-refractivity contribution in [3.63, 3.8) is 0 Å². The lowest BCUT2D eigenvalue weighted by molar-refractivity contribution is -0.0240. The van der Waals surface area contributed by atoms with E-state index >= 15 is 0 Å². The quantitative estimate of drug-likeness (QED) is 0.834. The first kappa shape index (κ1) is 10.1. The standard InChI is InChI=1S/C9H14BrN3O/c1-6(2)13-8(7(10)3-12-13)9(14)4-11-5-9/h3,6,11,14H,4-5H2,1-2H3. The summed E-state index contributed by atoms with van der Waals surface area (Å²) < 4.78 is 2.75. The molecule has 0 aromatic carbocycles. The Bertz CT molecular complexity index is 344. The van der Waals surface area contributed by atoms with Crippen LogP contribution in [0.25, 0.3) is 0 Å². The third kappa shape index (κ3) is 1.39. The summed E-state index contributed by atoms with van der Waals surface area (Å²) in [4.78, 5) is 0. The van der Waals surface area contributed by atoms with Gasteiger partial charge in [0.15, 0.2) is 0 Å². The maximum atomic E-state index is 10.2. The van der Waals surface area contributed by atoms with Crippen molar-refractivity contribution < 1.29 is 5.11 Å². The zero-order valence-corrected chi connectivity index (χ0v) is 9.87. The summed E-state index contributed by atoms with van der Waals surface area (Å²) in [6, 6.07) is 0.265. The lowest BCUT2D eigenvalue weighted by Gasteiger charge is -2.38. The van der Waals surface area contributed by atoms with E-state index in [0.29, 0.717) is 13.1 Å². The van der Waals surface area contributed by atoms with Crippen LogP contribution in [0, 0.1) is 0 Å². The number of aromatic nitrogens is 2. The summed E-state index contributed by atoms with van der Waals surface area (Å²) in [5.41, 5.74) is 0.130. The van der Waals surface area contributed by atoms with Gasteiger partial charge >= 0.3 is 0 Å². The van der Waals surface area contributed by atoms with E-state index in [-0.39, 0.29) is 6.04 Å². The molecule has 2 N–H and O–H groups in total. The molecule has 14 heavy (non-hydrogen) atoms. The van der Waals surface area contributed by atoms with Crippen molar-refractivity contribution in [1.82, 2.24) is 15.1 Å². The van der Waals surface area contributed by atoms with Crippen LogP contribution in [0.1, 0.15) is 25.6 Å². The maximum absolute atomic E-state index is 10.2. The molecular weight excluding hydrogens is 246 g/mol. The Labute approximate surface area is 91.4 Å². The predicted octanol–water partition coefficient (Wildman–Crippen LogP) is 1.02. The highest BCUT2D eigenvalue weighted by Gasteiger charge is 2.41. The van der Waals surface area contributed by atoms with Crippen molar-refractivity contribution in [2.75, 3.05) is 13.1 Å². The number of nitrogens with one attached hydrogen (secondary N) is 1. The van der Waals surface area contributed by atoms with Gasteiger partial charge in [-0.1, -0.05) is 0 Å². The van der Waals surface area contributed by atoms with Crippen molar-refractivity contribution in [3.8, 4) is 0 Å². The third-order valence-corrected chi connectivity index (χ3v) is 3.10. The Hall–Kier alpha value is -0.390. The lowest BCUT2D eigenvalue weighted by Crippen LogP contribution is -2.57. The molecule has 0 radical (unpaired) electrons.